The minimum absolute atomic E-state index is 0.00311. The van der Waals surface area contributed by atoms with E-state index in [0.29, 0.717) is 31.0 Å². The van der Waals surface area contributed by atoms with Crippen LogP contribution in [0.15, 0.2) is 60.9 Å². The van der Waals surface area contributed by atoms with Gasteiger partial charge in [-0.15, -0.1) is 5.10 Å². The zero-order valence-electron chi connectivity index (χ0n) is 18.1. The van der Waals surface area contributed by atoms with Crippen molar-refractivity contribution < 1.29 is 18.0 Å². The van der Waals surface area contributed by atoms with Gasteiger partial charge in [0.15, 0.2) is 5.65 Å². The molecule has 1 saturated heterocycles. The number of carbonyl (C=O) groups excluding carboxylic acids is 1. The van der Waals surface area contributed by atoms with Crippen molar-refractivity contribution in [1.82, 2.24) is 24.9 Å². The molecule has 5 rings (SSSR count). The van der Waals surface area contributed by atoms with E-state index in [9.17, 15) is 18.0 Å². The summed E-state index contributed by atoms with van der Waals surface area (Å²) in [6.45, 7) is 1.14. The summed E-state index contributed by atoms with van der Waals surface area (Å²) >= 11 is 5.63. The fourth-order valence-corrected chi connectivity index (χ4v) is 4.20. The summed E-state index contributed by atoms with van der Waals surface area (Å²) in [5.74, 6) is 0.713. The molecule has 1 aliphatic heterocycles. The van der Waals surface area contributed by atoms with Gasteiger partial charge in [0.25, 0.3) is 0 Å². The van der Waals surface area contributed by atoms with Crippen LogP contribution in [0.5, 0.6) is 0 Å². The SMILES string of the molecule is O=C(Nc1ccc(Cl)c(C(F)(F)F)c1)N[C@@H]1CCN(c2ccc3ncc(-c4ccccn4)n3n2)C1. The van der Waals surface area contributed by atoms with E-state index in [-0.39, 0.29) is 11.7 Å². The molecule has 4 aromatic rings. The number of hydrogen-bond acceptors (Lipinski definition) is 5. The zero-order valence-corrected chi connectivity index (χ0v) is 18.9. The first-order valence-corrected chi connectivity index (χ1v) is 11.1. The van der Waals surface area contributed by atoms with Crippen LogP contribution in [0.3, 0.4) is 0 Å². The molecule has 2 N–H and O–H groups in total. The lowest BCUT2D eigenvalue weighted by atomic mass is 10.2. The number of carbonyl (C=O) groups is 1. The fraction of sp³-hybridized carbons (Fsp3) is 0.217. The van der Waals surface area contributed by atoms with Crippen molar-refractivity contribution in [2.45, 2.75) is 18.6 Å². The lowest BCUT2D eigenvalue weighted by Gasteiger charge is -2.18. The molecule has 1 fully saturated rings. The molecule has 35 heavy (non-hydrogen) atoms. The largest absolute Gasteiger partial charge is 0.417 e. The Labute approximate surface area is 202 Å². The Morgan fingerprint density at radius 2 is 1.97 bits per heavy atom. The van der Waals surface area contributed by atoms with Crippen LogP contribution < -0.4 is 15.5 Å². The van der Waals surface area contributed by atoms with Gasteiger partial charge in [0.05, 0.1) is 22.5 Å². The third kappa shape index (κ3) is 4.85. The molecule has 1 atom stereocenters. The highest BCUT2D eigenvalue weighted by molar-refractivity contribution is 6.31. The van der Waals surface area contributed by atoms with E-state index in [1.165, 1.54) is 6.07 Å². The normalized spacial score (nSPS) is 16.0. The number of fused-ring (bicyclic) bond motifs is 1. The third-order valence-electron chi connectivity index (χ3n) is 5.65. The maximum Gasteiger partial charge on any atom is 0.417 e. The molecule has 4 heterocycles. The third-order valence-corrected chi connectivity index (χ3v) is 5.98. The minimum Gasteiger partial charge on any atom is -0.353 e. The average molecular weight is 502 g/mol. The lowest BCUT2D eigenvalue weighted by Crippen LogP contribution is -2.39. The standard InChI is InChI=1S/C23H19ClF3N7O/c24-17-5-4-14(11-16(17)23(25,26)27)30-22(35)31-15-8-10-33(13-15)21-7-6-20-29-12-19(34(20)32-21)18-3-1-2-9-28-18/h1-7,9,11-12,15H,8,10,13H2,(H2,30,31,35)/t15-/m1/s1. The summed E-state index contributed by atoms with van der Waals surface area (Å²) in [4.78, 5) is 23.2. The number of alkyl halides is 3. The number of pyridine rings is 1. The van der Waals surface area contributed by atoms with Crippen molar-refractivity contribution in [2.75, 3.05) is 23.3 Å². The molecule has 0 spiro atoms. The van der Waals surface area contributed by atoms with Crippen molar-refractivity contribution in [2.24, 2.45) is 0 Å². The number of nitrogens with one attached hydrogen (secondary N) is 2. The molecule has 0 radical (unpaired) electrons. The fourth-order valence-electron chi connectivity index (χ4n) is 3.98. The molecule has 1 aromatic carbocycles. The van der Waals surface area contributed by atoms with Crippen LogP contribution in [0.25, 0.3) is 17.0 Å². The minimum atomic E-state index is -4.61. The predicted molar refractivity (Wildman–Crippen MR) is 125 cm³/mol. The van der Waals surface area contributed by atoms with E-state index in [1.54, 1.807) is 16.9 Å². The quantitative estimate of drug-likeness (QED) is 0.417. The Morgan fingerprint density at radius 3 is 2.74 bits per heavy atom. The lowest BCUT2D eigenvalue weighted by molar-refractivity contribution is -0.137. The molecular weight excluding hydrogens is 483 g/mol. The first-order chi connectivity index (χ1) is 16.8. The highest BCUT2D eigenvalue weighted by Crippen LogP contribution is 2.36. The van der Waals surface area contributed by atoms with Crippen LogP contribution in [0.4, 0.5) is 29.5 Å². The van der Waals surface area contributed by atoms with E-state index in [4.69, 9.17) is 16.7 Å². The molecule has 0 bridgehead atoms. The predicted octanol–water partition coefficient (Wildman–Crippen LogP) is 4.86. The molecule has 2 amide bonds. The Balaban J connectivity index is 1.25. The maximum atomic E-state index is 13.1. The van der Waals surface area contributed by atoms with E-state index in [0.717, 1.165) is 23.5 Å². The van der Waals surface area contributed by atoms with E-state index >= 15 is 0 Å². The van der Waals surface area contributed by atoms with Crippen LogP contribution in [-0.2, 0) is 6.18 Å². The summed E-state index contributed by atoms with van der Waals surface area (Å²) in [7, 11) is 0. The average Bonchev–Trinajstić information content (AvgIpc) is 3.47. The summed E-state index contributed by atoms with van der Waals surface area (Å²) in [6, 6.07) is 11.8. The van der Waals surface area contributed by atoms with Gasteiger partial charge in [-0.3, -0.25) is 4.98 Å². The molecule has 3 aromatic heterocycles. The summed E-state index contributed by atoms with van der Waals surface area (Å²) < 4.78 is 40.9. The van der Waals surface area contributed by atoms with Gasteiger partial charge < -0.3 is 15.5 Å². The van der Waals surface area contributed by atoms with Crippen LogP contribution in [0.2, 0.25) is 5.02 Å². The molecular formula is C23H19ClF3N7O. The molecule has 0 unspecified atom stereocenters. The van der Waals surface area contributed by atoms with Crippen molar-refractivity contribution in [3.05, 3.63) is 71.5 Å². The van der Waals surface area contributed by atoms with Gasteiger partial charge in [0, 0.05) is 31.0 Å². The Morgan fingerprint density at radius 1 is 1.11 bits per heavy atom. The molecule has 1 aliphatic rings. The van der Waals surface area contributed by atoms with Crippen LogP contribution in [0, 0.1) is 0 Å². The monoisotopic (exact) mass is 501 g/mol. The van der Waals surface area contributed by atoms with Gasteiger partial charge >= 0.3 is 12.2 Å². The van der Waals surface area contributed by atoms with Gasteiger partial charge in [-0.05, 0) is 48.9 Å². The molecule has 180 valence electrons. The van der Waals surface area contributed by atoms with Gasteiger partial charge in [-0.25, -0.2) is 14.3 Å². The number of halogens is 4. The van der Waals surface area contributed by atoms with Crippen LogP contribution >= 0.6 is 11.6 Å². The summed E-state index contributed by atoms with van der Waals surface area (Å²) in [5.41, 5.74) is 1.19. The highest BCUT2D eigenvalue weighted by Gasteiger charge is 2.33. The topological polar surface area (TPSA) is 87.5 Å². The number of amides is 2. The number of hydrogen-bond donors (Lipinski definition) is 2. The Bertz CT molecular complexity index is 1380. The molecule has 8 nitrogen and oxygen atoms in total. The van der Waals surface area contributed by atoms with Gasteiger partial charge in [-0.1, -0.05) is 17.7 Å². The second-order valence-electron chi connectivity index (χ2n) is 8.04. The van der Waals surface area contributed by atoms with Gasteiger partial charge in [0.1, 0.15) is 11.5 Å². The van der Waals surface area contributed by atoms with Gasteiger partial charge in [-0.2, -0.15) is 13.2 Å². The second kappa shape index (κ2) is 9.06. The van der Waals surface area contributed by atoms with Crippen molar-refractivity contribution in [3.8, 4) is 11.4 Å². The first kappa shape index (κ1) is 22.9. The number of benzene rings is 1. The second-order valence-corrected chi connectivity index (χ2v) is 8.45. The molecule has 0 aliphatic carbocycles. The number of urea groups is 1. The number of anilines is 2. The van der Waals surface area contributed by atoms with E-state index in [1.807, 2.05) is 35.2 Å². The molecule has 12 heteroatoms. The first-order valence-electron chi connectivity index (χ1n) is 10.7. The molecule has 0 saturated carbocycles. The van der Waals surface area contributed by atoms with Crippen LogP contribution in [0.1, 0.15) is 12.0 Å². The maximum absolute atomic E-state index is 13.1. The van der Waals surface area contributed by atoms with Crippen molar-refractivity contribution in [3.63, 3.8) is 0 Å². The van der Waals surface area contributed by atoms with Gasteiger partial charge in [0.2, 0.25) is 0 Å². The smallest absolute Gasteiger partial charge is 0.353 e. The van der Waals surface area contributed by atoms with Crippen LogP contribution in [-0.4, -0.2) is 44.7 Å². The van der Waals surface area contributed by atoms with E-state index < -0.39 is 22.8 Å². The Hall–Kier alpha value is -3.86. The highest BCUT2D eigenvalue weighted by atomic mass is 35.5. The number of rotatable bonds is 4. The number of aromatic nitrogens is 4. The van der Waals surface area contributed by atoms with Crippen molar-refractivity contribution >= 4 is 34.8 Å². The van der Waals surface area contributed by atoms with E-state index in [2.05, 4.69) is 20.6 Å². The number of imidazole rings is 1. The summed E-state index contributed by atoms with van der Waals surface area (Å²) in [6.07, 6.45) is -0.544. The zero-order chi connectivity index (χ0) is 24.6. The van der Waals surface area contributed by atoms with Crippen molar-refractivity contribution in [1.29, 1.82) is 0 Å². The Kier molecular flexibility index (Phi) is 5.93. The summed E-state index contributed by atoms with van der Waals surface area (Å²) in [5, 5.41) is 9.53. The number of nitrogens with zero attached hydrogens (tertiary/aromatic N) is 5.